The minimum absolute atomic E-state index is 0.0972. The molecule has 0 aliphatic heterocycles. The van der Waals surface area contributed by atoms with E-state index in [9.17, 15) is 4.79 Å². The highest BCUT2D eigenvalue weighted by atomic mass is 16.4. The van der Waals surface area contributed by atoms with Crippen LogP contribution in [-0.2, 0) is 7.05 Å². The second-order valence-electron chi connectivity index (χ2n) is 2.53. The normalized spacial score (nSPS) is 9.42. The summed E-state index contributed by atoms with van der Waals surface area (Å²) in [6.07, 6.45) is 1.51. The zero-order chi connectivity index (χ0) is 9.30. The summed E-state index contributed by atoms with van der Waals surface area (Å²) in [5.74, 6) is -1.05. The summed E-state index contributed by atoms with van der Waals surface area (Å²) in [5.41, 5.74) is 0.904. The van der Waals surface area contributed by atoms with Gasteiger partial charge in [-0.1, -0.05) is 0 Å². The summed E-state index contributed by atoms with van der Waals surface area (Å²) in [5, 5.41) is 17.3. The first-order chi connectivity index (χ1) is 5.57. The molecule has 1 N–H and O–H groups in total. The van der Waals surface area contributed by atoms with E-state index in [0.717, 1.165) is 0 Å². The highest BCUT2D eigenvalue weighted by Gasteiger charge is 2.16. The molecule has 0 unspecified atom stereocenters. The molecule has 0 spiro atoms. The average molecular weight is 164 g/mol. The van der Waals surface area contributed by atoms with Crippen LogP contribution < -0.4 is 0 Å². The van der Waals surface area contributed by atoms with Gasteiger partial charge in [-0.2, -0.15) is 5.26 Å². The van der Waals surface area contributed by atoms with Crippen LogP contribution >= 0.6 is 0 Å². The van der Waals surface area contributed by atoms with Crippen LogP contribution in [0.15, 0.2) is 6.20 Å². The van der Waals surface area contributed by atoms with Gasteiger partial charge in [0.25, 0.3) is 0 Å². The molecule has 4 nitrogen and oxygen atoms in total. The lowest BCUT2D eigenvalue weighted by atomic mass is 10.2. The van der Waals surface area contributed by atoms with Crippen LogP contribution in [0, 0.1) is 18.3 Å². The molecule has 0 atom stereocenters. The van der Waals surface area contributed by atoms with E-state index < -0.39 is 5.97 Å². The van der Waals surface area contributed by atoms with Crippen LogP contribution in [0.4, 0.5) is 0 Å². The van der Waals surface area contributed by atoms with E-state index in [1.807, 2.05) is 6.07 Å². The van der Waals surface area contributed by atoms with Crippen molar-refractivity contribution in [3.8, 4) is 6.07 Å². The molecule has 12 heavy (non-hydrogen) atoms. The van der Waals surface area contributed by atoms with Crippen molar-refractivity contribution in [2.45, 2.75) is 6.92 Å². The van der Waals surface area contributed by atoms with Crippen LogP contribution in [0.5, 0.6) is 0 Å². The van der Waals surface area contributed by atoms with E-state index in [4.69, 9.17) is 10.4 Å². The molecule has 0 radical (unpaired) electrons. The van der Waals surface area contributed by atoms with E-state index in [1.165, 1.54) is 6.20 Å². The van der Waals surface area contributed by atoms with Crippen LogP contribution in [0.2, 0.25) is 0 Å². The lowest BCUT2D eigenvalue weighted by molar-refractivity contribution is 0.0695. The number of aromatic nitrogens is 1. The molecule has 1 rings (SSSR count). The molecule has 1 aromatic heterocycles. The maximum Gasteiger partial charge on any atom is 0.338 e. The molecule has 4 heteroatoms. The van der Waals surface area contributed by atoms with E-state index in [-0.39, 0.29) is 11.1 Å². The third-order valence-electron chi connectivity index (χ3n) is 1.82. The molecule has 1 aromatic rings. The number of nitrogens with zero attached hydrogens (tertiary/aromatic N) is 2. The predicted molar refractivity (Wildman–Crippen MR) is 41.8 cm³/mol. The van der Waals surface area contributed by atoms with Crippen LogP contribution in [0.25, 0.3) is 0 Å². The molecule has 0 aliphatic carbocycles. The van der Waals surface area contributed by atoms with Crippen molar-refractivity contribution in [2.24, 2.45) is 7.05 Å². The van der Waals surface area contributed by atoms with Crippen molar-refractivity contribution < 1.29 is 9.90 Å². The number of carboxylic acid groups (broad SMARTS) is 1. The second kappa shape index (κ2) is 2.70. The molecule has 0 saturated heterocycles. The highest BCUT2D eigenvalue weighted by Crippen LogP contribution is 2.14. The molecule has 0 aromatic carbocycles. The smallest absolute Gasteiger partial charge is 0.338 e. The first-order valence-electron chi connectivity index (χ1n) is 3.37. The first kappa shape index (κ1) is 8.34. The second-order valence-corrected chi connectivity index (χ2v) is 2.53. The summed E-state index contributed by atoms with van der Waals surface area (Å²) in [4.78, 5) is 10.7. The van der Waals surface area contributed by atoms with Crippen molar-refractivity contribution in [1.29, 1.82) is 5.26 Å². The molecule has 0 saturated carbocycles. The molecule has 0 bridgehead atoms. The van der Waals surface area contributed by atoms with Gasteiger partial charge in [0, 0.05) is 18.9 Å². The minimum atomic E-state index is -1.05. The minimum Gasteiger partial charge on any atom is -0.478 e. The van der Waals surface area contributed by atoms with Gasteiger partial charge in [0.1, 0.15) is 6.07 Å². The Morgan fingerprint density at radius 3 is 2.67 bits per heavy atom. The largest absolute Gasteiger partial charge is 0.478 e. The number of carbonyl (C=O) groups is 1. The SMILES string of the molecule is Cc1c(C(=O)O)c(C#N)cn1C. The zero-order valence-electron chi connectivity index (χ0n) is 6.83. The number of aryl methyl sites for hydroxylation is 1. The van der Waals surface area contributed by atoms with Crippen molar-refractivity contribution >= 4 is 5.97 Å². The van der Waals surface area contributed by atoms with E-state index in [0.29, 0.717) is 5.69 Å². The monoisotopic (exact) mass is 164 g/mol. The fourth-order valence-electron chi connectivity index (χ4n) is 1.08. The molecule has 0 fully saturated rings. The molecule has 62 valence electrons. The summed E-state index contributed by atoms with van der Waals surface area (Å²) >= 11 is 0. The summed E-state index contributed by atoms with van der Waals surface area (Å²) < 4.78 is 1.63. The Balaban J connectivity index is 3.44. The fourth-order valence-corrected chi connectivity index (χ4v) is 1.08. The van der Waals surface area contributed by atoms with Crippen LogP contribution in [-0.4, -0.2) is 15.6 Å². The lowest BCUT2D eigenvalue weighted by Gasteiger charge is -1.95. The number of hydrogen-bond acceptors (Lipinski definition) is 2. The van der Waals surface area contributed by atoms with Gasteiger partial charge in [-0.15, -0.1) is 0 Å². The summed E-state index contributed by atoms with van der Waals surface area (Å²) in [6.45, 7) is 1.67. The topological polar surface area (TPSA) is 66.0 Å². The number of carboxylic acids is 1. The van der Waals surface area contributed by atoms with Crippen molar-refractivity contribution in [1.82, 2.24) is 4.57 Å². The summed E-state index contributed by atoms with van der Waals surface area (Å²) in [7, 11) is 1.71. The van der Waals surface area contributed by atoms with Crippen LogP contribution in [0.1, 0.15) is 21.6 Å². The third kappa shape index (κ3) is 1.05. The third-order valence-corrected chi connectivity index (χ3v) is 1.82. The molecular weight excluding hydrogens is 156 g/mol. The Hall–Kier alpha value is -1.76. The maximum absolute atomic E-state index is 10.7. The Morgan fingerprint density at radius 2 is 2.33 bits per heavy atom. The van der Waals surface area contributed by atoms with Gasteiger partial charge in [0.2, 0.25) is 0 Å². The summed E-state index contributed by atoms with van der Waals surface area (Å²) in [6, 6.07) is 1.84. The average Bonchev–Trinajstić information content (AvgIpc) is 2.28. The standard InChI is InChI=1S/C8H8N2O2/c1-5-7(8(11)12)6(3-9)4-10(5)2/h4H,1-2H3,(H,11,12). The zero-order valence-corrected chi connectivity index (χ0v) is 6.83. The van der Waals surface area contributed by atoms with E-state index in [1.54, 1.807) is 18.5 Å². The maximum atomic E-state index is 10.7. The van der Waals surface area contributed by atoms with Gasteiger partial charge < -0.3 is 9.67 Å². The number of nitriles is 1. The first-order valence-corrected chi connectivity index (χ1v) is 3.37. The Labute approximate surface area is 69.7 Å². The van der Waals surface area contributed by atoms with Gasteiger partial charge in [0.15, 0.2) is 0 Å². The molecular formula is C8H8N2O2. The number of hydrogen-bond donors (Lipinski definition) is 1. The Morgan fingerprint density at radius 1 is 1.75 bits per heavy atom. The van der Waals surface area contributed by atoms with Gasteiger partial charge >= 0.3 is 5.97 Å². The Kier molecular flexibility index (Phi) is 1.88. The predicted octanol–water partition coefficient (Wildman–Crippen LogP) is 0.903. The van der Waals surface area contributed by atoms with Crippen LogP contribution in [0.3, 0.4) is 0 Å². The van der Waals surface area contributed by atoms with Crippen molar-refractivity contribution in [3.63, 3.8) is 0 Å². The van der Waals surface area contributed by atoms with Gasteiger partial charge in [-0.3, -0.25) is 0 Å². The lowest BCUT2D eigenvalue weighted by Crippen LogP contribution is -2.00. The highest BCUT2D eigenvalue weighted by molar-refractivity contribution is 5.92. The molecule has 0 aliphatic rings. The number of rotatable bonds is 1. The van der Waals surface area contributed by atoms with E-state index in [2.05, 4.69) is 0 Å². The van der Waals surface area contributed by atoms with Crippen molar-refractivity contribution in [3.05, 3.63) is 23.0 Å². The van der Waals surface area contributed by atoms with Gasteiger partial charge in [-0.05, 0) is 6.92 Å². The quantitative estimate of drug-likeness (QED) is 0.670. The fraction of sp³-hybridized carbons (Fsp3) is 0.250. The molecule has 0 amide bonds. The number of aromatic carboxylic acids is 1. The van der Waals surface area contributed by atoms with Gasteiger partial charge in [0.05, 0.1) is 11.1 Å². The van der Waals surface area contributed by atoms with Crippen molar-refractivity contribution in [2.75, 3.05) is 0 Å². The van der Waals surface area contributed by atoms with Gasteiger partial charge in [-0.25, -0.2) is 4.79 Å². The van der Waals surface area contributed by atoms with E-state index >= 15 is 0 Å². The Bertz CT molecular complexity index is 371. The molecule has 1 heterocycles.